The molecule has 0 spiro atoms. The number of ether oxygens (including phenoxy) is 2. The fraction of sp³-hybridized carbons (Fsp3) is 0.378. The number of carbonyl (C=O) groups is 1. The molecular weight excluding hydrogens is 612 g/mol. The summed E-state index contributed by atoms with van der Waals surface area (Å²) in [6.07, 6.45) is 3.28. The van der Waals surface area contributed by atoms with Gasteiger partial charge in [-0.05, 0) is 66.9 Å². The second-order valence-electron chi connectivity index (χ2n) is 13.9. The summed E-state index contributed by atoms with van der Waals surface area (Å²) in [5.41, 5.74) is 14.3. The summed E-state index contributed by atoms with van der Waals surface area (Å²) in [5.74, 6) is 2.03. The van der Waals surface area contributed by atoms with Gasteiger partial charge < -0.3 is 25.8 Å². The van der Waals surface area contributed by atoms with E-state index in [-0.39, 0.29) is 22.9 Å². The van der Waals surface area contributed by atoms with Crippen molar-refractivity contribution in [3.8, 4) is 22.8 Å². The van der Waals surface area contributed by atoms with Gasteiger partial charge in [0.1, 0.15) is 11.5 Å². The number of benzene rings is 3. The highest BCUT2D eigenvalue weighted by atomic mass is 35.5. The topological polar surface area (TPSA) is 123 Å². The van der Waals surface area contributed by atoms with Gasteiger partial charge in [-0.2, -0.15) is 0 Å². The maximum atomic E-state index is 12.4. The first kappa shape index (κ1) is 32.9. The maximum Gasteiger partial charge on any atom is 0.258 e. The fourth-order valence-electron chi connectivity index (χ4n) is 6.26. The summed E-state index contributed by atoms with van der Waals surface area (Å²) < 4.78 is 11.6. The van der Waals surface area contributed by atoms with Crippen molar-refractivity contribution < 1.29 is 14.3 Å². The molecule has 2 atom stereocenters. The van der Waals surface area contributed by atoms with Crippen LogP contribution in [0.25, 0.3) is 11.3 Å². The van der Waals surface area contributed by atoms with Crippen molar-refractivity contribution in [1.29, 1.82) is 0 Å². The lowest BCUT2D eigenvalue weighted by atomic mass is 9.84. The Morgan fingerprint density at radius 3 is 2.17 bits per heavy atom. The zero-order chi connectivity index (χ0) is 33.5. The van der Waals surface area contributed by atoms with Gasteiger partial charge >= 0.3 is 0 Å². The second-order valence-corrected chi connectivity index (χ2v) is 14.3. The first-order valence-corrected chi connectivity index (χ1v) is 16.4. The zero-order valence-electron chi connectivity index (χ0n) is 27.8. The molecule has 1 saturated heterocycles. The summed E-state index contributed by atoms with van der Waals surface area (Å²) >= 11 is 6.07. The van der Waals surface area contributed by atoms with Crippen molar-refractivity contribution in [2.24, 2.45) is 5.73 Å². The normalized spacial score (nSPS) is 20.2. The molecule has 0 radical (unpaired) electrons. The lowest BCUT2D eigenvalue weighted by Crippen LogP contribution is -2.54. The second kappa shape index (κ2) is 12.9. The van der Waals surface area contributed by atoms with Crippen molar-refractivity contribution in [1.82, 2.24) is 20.6 Å². The Hall–Kier alpha value is -4.02. The molecule has 5 N–H and O–H groups in total. The summed E-state index contributed by atoms with van der Waals surface area (Å²) in [7, 11) is 0. The Labute approximate surface area is 281 Å². The molecule has 4 heterocycles. The molecule has 9 nitrogen and oxygen atoms in total. The Balaban J connectivity index is 0.000000177. The molecule has 0 bridgehead atoms. The SMILES string of the molecule is Cc1cc2c(cc1-c1cnc(NC(=O)c3ccccc3Cl)cn1)C(C)(C)CO2.Cc1cc2c(cc1C1CNC(N)CN1)C(C)(C)CO2. The van der Waals surface area contributed by atoms with Crippen LogP contribution in [0.4, 0.5) is 5.82 Å². The molecule has 3 aromatic carbocycles. The van der Waals surface area contributed by atoms with Crippen LogP contribution in [0.15, 0.2) is 60.9 Å². The molecule has 1 fully saturated rings. The van der Waals surface area contributed by atoms with E-state index >= 15 is 0 Å². The van der Waals surface area contributed by atoms with Crippen molar-refractivity contribution in [2.75, 3.05) is 31.6 Å². The van der Waals surface area contributed by atoms with E-state index in [1.54, 1.807) is 36.7 Å². The molecule has 246 valence electrons. The van der Waals surface area contributed by atoms with Gasteiger partial charge in [0.2, 0.25) is 0 Å². The van der Waals surface area contributed by atoms with E-state index in [9.17, 15) is 4.79 Å². The number of fused-ring (bicyclic) bond motifs is 2. The molecule has 2 unspecified atom stereocenters. The number of hydrogen-bond acceptors (Lipinski definition) is 8. The summed E-state index contributed by atoms with van der Waals surface area (Å²) in [6, 6.07) is 15.9. The van der Waals surface area contributed by atoms with Crippen molar-refractivity contribution >= 4 is 23.3 Å². The number of amides is 1. The van der Waals surface area contributed by atoms with Crippen LogP contribution in [0.3, 0.4) is 0 Å². The Morgan fingerprint density at radius 1 is 0.894 bits per heavy atom. The molecule has 7 rings (SSSR count). The number of hydrogen-bond donors (Lipinski definition) is 4. The van der Waals surface area contributed by atoms with Gasteiger partial charge in [0.15, 0.2) is 5.82 Å². The number of aryl methyl sites for hydroxylation is 2. The number of halogens is 1. The fourth-order valence-corrected chi connectivity index (χ4v) is 6.48. The third-order valence-corrected chi connectivity index (χ3v) is 9.49. The lowest BCUT2D eigenvalue weighted by molar-refractivity contribution is 0.102. The molecular formula is C37H43ClN6O3. The Bertz CT molecular complexity index is 1800. The van der Waals surface area contributed by atoms with Crippen molar-refractivity contribution in [3.05, 3.63) is 99.3 Å². The van der Waals surface area contributed by atoms with Gasteiger partial charge in [-0.3, -0.25) is 15.1 Å². The third-order valence-electron chi connectivity index (χ3n) is 9.16. The van der Waals surface area contributed by atoms with Gasteiger partial charge in [-0.1, -0.05) is 51.4 Å². The summed E-state index contributed by atoms with van der Waals surface area (Å²) in [4.78, 5) is 21.2. The molecule has 3 aliphatic rings. The highest BCUT2D eigenvalue weighted by Crippen LogP contribution is 2.42. The minimum absolute atomic E-state index is 0.0337. The number of anilines is 1. The monoisotopic (exact) mass is 654 g/mol. The van der Waals surface area contributed by atoms with E-state index in [0.717, 1.165) is 48.0 Å². The van der Waals surface area contributed by atoms with Gasteiger partial charge in [0, 0.05) is 46.7 Å². The average molecular weight is 655 g/mol. The third kappa shape index (κ3) is 6.85. The first-order valence-electron chi connectivity index (χ1n) is 16.0. The standard InChI is InChI=1S/C22H20ClN3O2.C15H23N3O/c1-13-8-19-16(22(2,3)12-28-19)9-15(13)18-10-25-20(11-24-18)26-21(27)14-6-4-5-7-17(14)23;1-9-4-13-11(15(2,3)8-19-13)5-10(9)12-6-18-14(16)7-17-12/h4-11H,12H2,1-3H3,(H,25,26,27);4-5,12,14,17-18H,6-8,16H2,1-3H3. The van der Waals surface area contributed by atoms with E-state index in [2.05, 4.69) is 78.7 Å². The Kier molecular flexibility index (Phi) is 9.02. The van der Waals surface area contributed by atoms with Gasteiger partial charge in [0.05, 0.1) is 48.1 Å². The number of carbonyl (C=O) groups excluding carboxylic acids is 1. The minimum atomic E-state index is -0.319. The number of aromatic nitrogens is 2. The van der Waals surface area contributed by atoms with E-state index in [4.69, 9.17) is 26.8 Å². The van der Waals surface area contributed by atoms with Crippen LogP contribution in [0.1, 0.15) is 71.9 Å². The number of piperazine rings is 1. The molecule has 1 aromatic heterocycles. The lowest BCUT2D eigenvalue weighted by Gasteiger charge is -2.31. The van der Waals surface area contributed by atoms with Crippen LogP contribution < -0.4 is 31.2 Å². The predicted octanol–water partition coefficient (Wildman–Crippen LogP) is 6.21. The van der Waals surface area contributed by atoms with Crippen LogP contribution in [0.5, 0.6) is 11.5 Å². The Morgan fingerprint density at radius 2 is 1.55 bits per heavy atom. The highest BCUT2D eigenvalue weighted by molar-refractivity contribution is 6.34. The van der Waals surface area contributed by atoms with Crippen molar-refractivity contribution in [2.45, 2.75) is 64.6 Å². The predicted molar refractivity (Wildman–Crippen MR) is 187 cm³/mol. The molecule has 10 heteroatoms. The van der Waals surface area contributed by atoms with Crippen LogP contribution in [0, 0.1) is 13.8 Å². The number of nitrogens with one attached hydrogen (secondary N) is 3. The molecule has 3 aliphatic heterocycles. The van der Waals surface area contributed by atoms with E-state index < -0.39 is 0 Å². The van der Waals surface area contributed by atoms with Crippen LogP contribution in [-0.2, 0) is 10.8 Å². The van der Waals surface area contributed by atoms with E-state index in [1.165, 1.54) is 22.3 Å². The number of nitrogens with two attached hydrogens (primary N) is 1. The molecule has 1 amide bonds. The average Bonchev–Trinajstić information content (AvgIpc) is 3.50. The van der Waals surface area contributed by atoms with Gasteiger partial charge in [-0.15, -0.1) is 0 Å². The molecule has 4 aromatic rings. The van der Waals surface area contributed by atoms with Crippen LogP contribution >= 0.6 is 11.6 Å². The largest absolute Gasteiger partial charge is 0.492 e. The van der Waals surface area contributed by atoms with Crippen LogP contribution in [0.2, 0.25) is 5.02 Å². The van der Waals surface area contributed by atoms with E-state index in [1.807, 2.05) is 13.0 Å². The maximum absolute atomic E-state index is 12.4. The number of rotatable bonds is 4. The molecule has 0 aliphatic carbocycles. The van der Waals surface area contributed by atoms with Crippen molar-refractivity contribution in [3.63, 3.8) is 0 Å². The number of nitrogens with zero attached hydrogens (tertiary/aromatic N) is 2. The summed E-state index contributed by atoms with van der Waals surface area (Å²) in [6.45, 7) is 16.1. The van der Waals surface area contributed by atoms with E-state index in [0.29, 0.717) is 29.1 Å². The first-order chi connectivity index (χ1) is 22.3. The smallest absolute Gasteiger partial charge is 0.258 e. The quantitative estimate of drug-likeness (QED) is 0.205. The highest BCUT2D eigenvalue weighted by Gasteiger charge is 2.34. The van der Waals surface area contributed by atoms with Crippen LogP contribution in [-0.4, -0.2) is 48.3 Å². The van der Waals surface area contributed by atoms with Gasteiger partial charge in [0.25, 0.3) is 5.91 Å². The molecule has 47 heavy (non-hydrogen) atoms. The minimum Gasteiger partial charge on any atom is -0.492 e. The summed E-state index contributed by atoms with van der Waals surface area (Å²) in [5, 5.41) is 9.97. The van der Waals surface area contributed by atoms with Gasteiger partial charge in [-0.25, -0.2) is 4.98 Å². The molecule has 0 saturated carbocycles. The zero-order valence-corrected chi connectivity index (χ0v) is 28.6.